The second-order valence-corrected chi connectivity index (χ2v) is 7.34. The van der Waals surface area contributed by atoms with E-state index in [0.29, 0.717) is 0 Å². The van der Waals surface area contributed by atoms with Gasteiger partial charge in [-0.25, -0.2) is 0 Å². The van der Waals surface area contributed by atoms with Crippen LogP contribution in [0.2, 0.25) is 0 Å². The zero-order chi connectivity index (χ0) is 15.3. The maximum absolute atomic E-state index is 12.3. The molecule has 1 aromatic rings. The average molecular weight is 288 g/mol. The van der Waals surface area contributed by atoms with Crippen molar-refractivity contribution in [1.82, 2.24) is 10.2 Å². The number of carbonyl (C=O) groups is 1. The zero-order valence-corrected chi connectivity index (χ0v) is 13.6. The van der Waals surface area contributed by atoms with Crippen molar-refractivity contribution in [2.75, 3.05) is 19.6 Å². The summed E-state index contributed by atoms with van der Waals surface area (Å²) in [5.41, 5.74) is 1.47. The Hall–Kier alpha value is -1.35. The molecule has 1 aliphatic rings. The molecule has 3 nitrogen and oxygen atoms in total. The van der Waals surface area contributed by atoms with Crippen molar-refractivity contribution in [2.24, 2.45) is 11.3 Å². The fourth-order valence-corrected chi connectivity index (χ4v) is 2.75. The molecule has 1 aromatic carbocycles. The Morgan fingerprint density at radius 2 is 2.00 bits per heavy atom. The molecule has 0 spiro atoms. The monoisotopic (exact) mass is 288 g/mol. The summed E-state index contributed by atoms with van der Waals surface area (Å²) < 4.78 is 0. The number of amides is 1. The smallest absolute Gasteiger partial charge is 0.224 e. The fraction of sp³-hybridized carbons (Fsp3) is 0.611. The maximum Gasteiger partial charge on any atom is 0.224 e. The van der Waals surface area contributed by atoms with Crippen LogP contribution in [0.25, 0.3) is 0 Å². The van der Waals surface area contributed by atoms with E-state index in [0.717, 1.165) is 39.0 Å². The summed E-state index contributed by atoms with van der Waals surface area (Å²) in [6.45, 7) is 10.1. The molecule has 0 unspecified atom stereocenters. The van der Waals surface area contributed by atoms with Gasteiger partial charge in [0.2, 0.25) is 5.91 Å². The lowest BCUT2D eigenvalue weighted by atomic mass is 9.94. The van der Waals surface area contributed by atoms with E-state index in [1.54, 1.807) is 0 Å². The highest BCUT2D eigenvalue weighted by atomic mass is 16.1. The summed E-state index contributed by atoms with van der Waals surface area (Å²) in [6.07, 6.45) is 2.13. The van der Waals surface area contributed by atoms with E-state index < -0.39 is 0 Å². The standard InChI is InChI=1S/C18H28N2O/c1-18(2,3)14-19-17(21)16-10-7-11-20(13-16)12-15-8-5-4-6-9-15/h4-6,8-9,16H,7,10-14H2,1-3H3,(H,19,21)/t16-/m0/s1. The van der Waals surface area contributed by atoms with Gasteiger partial charge in [-0.2, -0.15) is 0 Å². The molecule has 3 heteroatoms. The van der Waals surface area contributed by atoms with Crippen LogP contribution in [0.1, 0.15) is 39.2 Å². The molecule has 1 amide bonds. The Morgan fingerprint density at radius 1 is 1.29 bits per heavy atom. The van der Waals surface area contributed by atoms with E-state index >= 15 is 0 Å². The molecule has 0 saturated carbocycles. The third-order valence-corrected chi connectivity index (χ3v) is 3.92. The van der Waals surface area contributed by atoms with Crippen LogP contribution in [0.4, 0.5) is 0 Å². The van der Waals surface area contributed by atoms with Gasteiger partial charge in [-0.3, -0.25) is 9.69 Å². The highest BCUT2D eigenvalue weighted by Crippen LogP contribution is 2.19. The van der Waals surface area contributed by atoms with Crippen molar-refractivity contribution in [3.63, 3.8) is 0 Å². The topological polar surface area (TPSA) is 32.3 Å². The molecule has 1 fully saturated rings. The molecule has 0 bridgehead atoms. The summed E-state index contributed by atoms with van der Waals surface area (Å²) >= 11 is 0. The Kier molecular flexibility index (Phi) is 5.40. The van der Waals surface area contributed by atoms with Gasteiger partial charge in [0.05, 0.1) is 5.92 Å². The number of nitrogens with zero attached hydrogens (tertiary/aromatic N) is 1. The Balaban J connectivity index is 1.84. The predicted octanol–water partition coefficient (Wildman–Crippen LogP) is 3.06. The van der Waals surface area contributed by atoms with Gasteiger partial charge < -0.3 is 5.32 Å². The molecule has 1 N–H and O–H groups in total. The Morgan fingerprint density at radius 3 is 2.67 bits per heavy atom. The second kappa shape index (κ2) is 7.08. The minimum Gasteiger partial charge on any atom is -0.355 e. The molecule has 1 saturated heterocycles. The summed E-state index contributed by atoms with van der Waals surface area (Å²) in [5, 5.41) is 3.11. The quantitative estimate of drug-likeness (QED) is 0.923. The predicted molar refractivity (Wildman–Crippen MR) is 86.9 cm³/mol. The summed E-state index contributed by atoms with van der Waals surface area (Å²) in [6, 6.07) is 10.5. The van der Waals surface area contributed by atoms with Crippen LogP contribution in [0.3, 0.4) is 0 Å². The third-order valence-electron chi connectivity index (χ3n) is 3.92. The molecular formula is C18H28N2O. The molecule has 0 aromatic heterocycles. The van der Waals surface area contributed by atoms with Crippen molar-refractivity contribution in [3.8, 4) is 0 Å². The number of hydrogen-bond donors (Lipinski definition) is 1. The molecule has 1 aliphatic heterocycles. The van der Waals surface area contributed by atoms with Crippen LogP contribution in [0, 0.1) is 11.3 Å². The van der Waals surface area contributed by atoms with Crippen molar-refractivity contribution in [1.29, 1.82) is 0 Å². The zero-order valence-electron chi connectivity index (χ0n) is 13.6. The molecule has 116 valence electrons. The number of rotatable bonds is 4. The summed E-state index contributed by atoms with van der Waals surface area (Å²) in [5.74, 6) is 0.368. The Labute approximate surface area is 128 Å². The lowest BCUT2D eigenvalue weighted by Gasteiger charge is -2.32. The molecule has 1 atom stereocenters. The second-order valence-electron chi connectivity index (χ2n) is 7.34. The van der Waals surface area contributed by atoms with Gasteiger partial charge in [-0.15, -0.1) is 0 Å². The Bertz CT molecular complexity index is 450. The van der Waals surface area contributed by atoms with Gasteiger partial charge in [0.1, 0.15) is 0 Å². The highest BCUT2D eigenvalue weighted by Gasteiger charge is 2.26. The normalized spacial score (nSPS) is 20.2. The first-order valence-corrected chi connectivity index (χ1v) is 7.98. The summed E-state index contributed by atoms with van der Waals surface area (Å²) in [7, 11) is 0. The first-order valence-electron chi connectivity index (χ1n) is 7.98. The maximum atomic E-state index is 12.3. The van der Waals surface area contributed by atoms with Crippen molar-refractivity contribution < 1.29 is 4.79 Å². The number of carbonyl (C=O) groups excluding carboxylic acids is 1. The van der Waals surface area contributed by atoms with Crippen LogP contribution in [-0.4, -0.2) is 30.4 Å². The number of benzene rings is 1. The molecular weight excluding hydrogens is 260 g/mol. The molecule has 0 radical (unpaired) electrons. The molecule has 21 heavy (non-hydrogen) atoms. The van der Waals surface area contributed by atoms with Gasteiger partial charge in [-0.05, 0) is 30.4 Å². The van der Waals surface area contributed by atoms with Crippen LogP contribution < -0.4 is 5.32 Å². The highest BCUT2D eigenvalue weighted by molar-refractivity contribution is 5.79. The fourth-order valence-electron chi connectivity index (χ4n) is 2.75. The average Bonchev–Trinajstić information content (AvgIpc) is 2.45. The minimum absolute atomic E-state index is 0.143. The van der Waals surface area contributed by atoms with Crippen molar-refractivity contribution in [2.45, 2.75) is 40.2 Å². The van der Waals surface area contributed by atoms with Gasteiger partial charge in [0.15, 0.2) is 0 Å². The van der Waals surface area contributed by atoms with E-state index in [1.807, 2.05) is 6.07 Å². The van der Waals surface area contributed by atoms with E-state index in [2.05, 4.69) is 55.3 Å². The number of likely N-dealkylation sites (tertiary alicyclic amines) is 1. The van der Waals surface area contributed by atoms with Crippen LogP contribution in [-0.2, 0) is 11.3 Å². The van der Waals surface area contributed by atoms with Gasteiger partial charge >= 0.3 is 0 Å². The largest absolute Gasteiger partial charge is 0.355 e. The first kappa shape index (κ1) is 16.0. The third kappa shape index (κ3) is 5.50. The molecule has 1 heterocycles. The number of piperidine rings is 1. The SMILES string of the molecule is CC(C)(C)CNC(=O)[C@H]1CCCN(Cc2ccccc2)C1. The molecule has 0 aliphatic carbocycles. The van der Waals surface area contributed by atoms with Crippen LogP contribution >= 0.6 is 0 Å². The van der Waals surface area contributed by atoms with Gasteiger partial charge in [-0.1, -0.05) is 51.1 Å². The van der Waals surface area contributed by atoms with Crippen LogP contribution in [0.5, 0.6) is 0 Å². The minimum atomic E-state index is 0.143. The van der Waals surface area contributed by atoms with Gasteiger partial charge in [0, 0.05) is 19.6 Å². The lowest BCUT2D eigenvalue weighted by Crippen LogP contribution is -2.44. The van der Waals surface area contributed by atoms with E-state index in [4.69, 9.17) is 0 Å². The van der Waals surface area contributed by atoms with E-state index in [1.165, 1.54) is 5.56 Å². The number of hydrogen-bond acceptors (Lipinski definition) is 2. The number of nitrogens with one attached hydrogen (secondary N) is 1. The van der Waals surface area contributed by atoms with Crippen molar-refractivity contribution in [3.05, 3.63) is 35.9 Å². The molecule has 2 rings (SSSR count). The van der Waals surface area contributed by atoms with Crippen LogP contribution in [0.15, 0.2) is 30.3 Å². The van der Waals surface area contributed by atoms with E-state index in [-0.39, 0.29) is 17.2 Å². The van der Waals surface area contributed by atoms with Crippen molar-refractivity contribution >= 4 is 5.91 Å². The van der Waals surface area contributed by atoms with Gasteiger partial charge in [0.25, 0.3) is 0 Å². The van der Waals surface area contributed by atoms with E-state index in [9.17, 15) is 4.79 Å². The first-order chi connectivity index (χ1) is 9.94. The lowest BCUT2D eigenvalue weighted by molar-refractivity contribution is -0.127. The summed E-state index contributed by atoms with van der Waals surface area (Å²) in [4.78, 5) is 14.7.